The maximum absolute atomic E-state index is 5.54. The third kappa shape index (κ3) is 0.728. The molecule has 0 unspecified atom stereocenters. The smallest absolute Gasteiger partial charge is 0.160 e. The van der Waals surface area contributed by atoms with Crippen LogP contribution in [-0.4, -0.2) is 29.9 Å². The molecule has 64 valence electrons. The Morgan fingerprint density at radius 1 is 1.50 bits per heavy atom. The zero-order chi connectivity index (χ0) is 7.97. The van der Waals surface area contributed by atoms with E-state index in [-0.39, 0.29) is 0 Å². The van der Waals surface area contributed by atoms with Gasteiger partial charge in [0, 0.05) is 24.9 Å². The Balaban J connectivity index is 2.04. The summed E-state index contributed by atoms with van der Waals surface area (Å²) in [6.45, 7) is 2.97. The van der Waals surface area contributed by atoms with Crippen LogP contribution >= 0.6 is 0 Å². The molecular weight excluding hydrogens is 154 g/mol. The fourth-order valence-corrected chi connectivity index (χ4v) is 2.11. The highest BCUT2D eigenvalue weighted by Crippen LogP contribution is 2.36. The lowest BCUT2D eigenvalue weighted by Gasteiger charge is -2.23. The van der Waals surface area contributed by atoms with E-state index < -0.39 is 0 Å². The summed E-state index contributed by atoms with van der Waals surface area (Å²) in [5.41, 5.74) is 1.18. The van der Waals surface area contributed by atoms with Gasteiger partial charge in [0.25, 0.3) is 0 Å². The van der Waals surface area contributed by atoms with Gasteiger partial charge in [-0.25, -0.2) is 0 Å². The van der Waals surface area contributed by atoms with Crippen LogP contribution in [0, 0.1) is 5.92 Å². The number of H-pyrrole nitrogens is 1. The van der Waals surface area contributed by atoms with Gasteiger partial charge in [-0.05, 0) is 0 Å². The van der Waals surface area contributed by atoms with E-state index in [0.717, 1.165) is 25.4 Å². The second kappa shape index (κ2) is 2.23. The summed E-state index contributed by atoms with van der Waals surface area (Å²) in [5, 5.41) is 10.4. The molecule has 1 fully saturated rings. The topological polar surface area (TPSA) is 49.9 Å². The van der Waals surface area contributed by atoms with E-state index in [1.165, 1.54) is 5.69 Å². The predicted molar refractivity (Wildman–Crippen MR) is 43.2 cm³/mol. The van der Waals surface area contributed by atoms with E-state index >= 15 is 0 Å². The zero-order valence-corrected chi connectivity index (χ0v) is 6.71. The molecule has 1 saturated heterocycles. The second-order valence-corrected chi connectivity index (χ2v) is 3.48. The van der Waals surface area contributed by atoms with Gasteiger partial charge in [-0.15, -0.1) is 0 Å². The summed E-state index contributed by atoms with van der Waals surface area (Å²) in [7, 11) is 0. The van der Waals surface area contributed by atoms with E-state index in [4.69, 9.17) is 4.74 Å². The number of aromatic nitrogens is 2. The summed E-state index contributed by atoms with van der Waals surface area (Å²) < 4.78 is 5.54. The van der Waals surface area contributed by atoms with Crippen molar-refractivity contribution in [2.75, 3.05) is 19.7 Å². The fourth-order valence-electron chi connectivity index (χ4n) is 2.11. The van der Waals surface area contributed by atoms with E-state index in [0.29, 0.717) is 11.8 Å². The van der Waals surface area contributed by atoms with Crippen LogP contribution in [-0.2, 0) is 0 Å². The first kappa shape index (κ1) is 6.48. The highest BCUT2D eigenvalue weighted by molar-refractivity contribution is 5.31. The number of hydrogen-bond acceptors (Lipinski definition) is 3. The Morgan fingerprint density at radius 3 is 3.50 bits per heavy atom. The molecular formula is C8H11N3O. The Morgan fingerprint density at radius 2 is 2.50 bits per heavy atom. The molecule has 0 aromatic carbocycles. The zero-order valence-electron chi connectivity index (χ0n) is 6.71. The van der Waals surface area contributed by atoms with E-state index in [9.17, 15) is 0 Å². The van der Waals surface area contributed by atoms with E-state index in [2.05, 4.69) is 15.5 Å². The van der Waals surface area contributed by atoms with Crippen LogP contribution in [0.3, 0.4) is 0 Å². The molecule has 12 heavy (non-hydrogen) atoms. The van der Waals surface area contributed by atoms with Crippen LogP contribution in [0.5, 0.6) is 5.75 Å². The van der Waals surface area contributed by atoms with E-state index in [1.54, 1.807) is 6.20 Å². The Labute approximate surface area is 70.3 Å². The largest absolute Gasteiger partial charge is 0.490 e. The lowest BCUT2D eigenvalue weighted by atomic mass is 9.91. The molecule has 0 saturated carbocycles. The quantitative estimate of drug-likeness (QED) is 0.573. The molecule has 3 rings (SSSR count). The maximum atomic E-state index is 5.54. The number of rotatable bonds is 0. The average Bonchev–Trinajstić information content (AvgIpc) is 2.71. The van der Waals surface area contributed by atoms with Crippen molar-refractivity contribution in [1.82, 2.24) is 15.5 Å². The highest BCUT2D eigenvalue weighted by atomic mass is 16.5. The molecule has 2 atom stereocenters. The fraction of sp³-hybridized carbons (Fsp3) is 0.625. The van der Waals surface area contributed by atoms with Crippen LogP contribution in [0.15, 0.2) is 6.20 Å². The van der Waals surface area contributed by atoms with Crippen LogP contribution < -0.4 is 10.1 Å². The SMILES string of the molecule is c1n[nH]c2c1OC[C@H]1CNC[C@@H]21. The van der Waals surface area contributed by atoms with Gasteiger partial charge >= 0.3 is 0 Å². The average molecular weight is 165 g/mol. The first-order valence-electron chi connectivity index (χ1n) is 4.32. The van der Waals surface area contributed by atoms with Gasteiger partial charge in [0.15, 0.2) is 5.75 Å². The summed E-state index contributed by atoms with van der Waals surface area (Å²) in [6.07, 6.45) is 1.77. The Bertz CT molecular complexity index is 296. The van der Waals surface area contributed by atoms with Crippen molar-refractivity contribution in [2.24, 2.45) is 5.92 Å². The minimum Gasteiger partial charge on any atom is -0.490 e. The number of ether oxygens (including phenoxy) is 1. The molecule has 0 amide bonds. The van der Waals surface area contributed by atoms with Crippen LogP contribution in [0.25, 0.3) is 0 Å². The number of hydrogen-bond donors (Lipinski definition) is 2. The standard InChI is InChI=1S/C8H11N3O/c1-5-4-12-7-3-10-11-8(7)6(5)2-9-1/h3,5-6,9H,1-2,4H2,(H,10,11)/t5-,6-/m1/s1. The molecule has 4 nitrogen and oxygen atoms in total. The predicted octanol–water partition coefficient (Wildman–Crippen LogP) is 0.105. The lowest BCUT2D eigenvalue weighted by Crippen LogP contribution is -2.24. The monoisotopic (exact) mass is 165 g/mol. The van der Waals surface area contributed by atoms with Gasteiger partial charge in [-0.1, -0.05) is 0 Å². The van der Waals surface area contributed by atoms with E-state index in [1.807, 2.05) is 0 Å². The summed E-state index contributed by atoms with van der Waals surface area (Å²) >= 11 is 0. The van der Waals surface area contributed by atoms with Crippen molar-refractivity contribution in [3.8, 4) is 5.75 Å². The van der Waals surface area contributed by atoms with Crippen molar-refractivity contribution < 1.29 is 4.74 Å². The van der Waals surface area contributed by atoms with Crippen molar-refractivity contribution >= 4 is 0 Å². The third-order valence-electron chi connectivity index (χ3n) is 2.80. The number of nitrogens with zero attached hydrogens (tertiary/aromatic N) is 1. The normalized spacial score (nSPS) is 32.3. The minimum absolute atomic E-state index is 0.594. The van der Waals surface area contributed by atoms with Crippen LogP contribution in [0.2, 0.25) is 0 Å². The molecule has 3 heterocycles. The number of aromatic amines is 1. The molecule has 2 aliphatic rings. The molecule has 0 radical (unpaired) electrons. The highest BCUT2D eigenvalue weighted by Gasteiger charge is 2.35. The minimum atomic E-state index is 0.594. The molecule has 1 aromatic heterocycles. The second-order valence-electron chi connectivity index (χ2n) is 3.48. The summed E-state index contributed by atoms with van der Waals surface area (Å²) in [6, 6.07) is 0. The van der Waals surface area contributed by atoms with Crippen LogP contribution in [0.1, 0.15) is 11.6 Å². The molecule has 0 aliphatic carbocycles. The molecule has 2 N–H and O–H groups in total. The van der Waals surface area contributed by atoms with Crippen molar-refractivity contribution in [3.05, 3.63) is 11.9 Å². The molecule has 4 heteroatoms. The first-order chi connectivity index (χ1) is 5.95. The summed E-state index contributed by atoms with van der Waals surface area (Å²) in [5.74, 6) is 2.18. The van der Waals surface area contributed by atoms with Gasteiger partial charge < -0.3 is 10.1 Å². The van der Waals surface area contributed by atoms with Crippen molar-refractivity contribution in [2.45, 2.75) is 5.92 Å². The molecule has 2 aliphatic heterocycles. The van der Waals surface area contributed by atoms with Crippen LogP contribution in [0.4, 0.5) is 0 Å². The molecule has 1 aromatic rings. The maximum Gasteiger partial charge on any atom is 0.160 e. The molecule has 0 bridgehead atoms. The Hall–Kier alpha value is -1.03. The third-order valence-corrected chi connectivity index (χ3v) is 2.80. The van der Waals surface area contributed by atoms with Crippen molar-refractivity contribution in [1.29, 1.82) is 0 Å². The van der Waals surface area contributed by atoms with Crippen molar-refractivity contribution in [3.63, 3.8) is 0 Å². The van der Waals surface area contributed by atoms with Gasteiger partial charge in [0.2, 0.25) is 0 Å². The van der Waals surface area contributed by atoms with Gasteiger partial charge in [0.05, 0.1) is 18.5 Å². The lowest BCUT2D eigenvalue weighted by molar-refractivity contribution is 0.218. The van der Waals surface area contributed by atoms with Gasteiger partial charge in [0.1, 0.15) is 0 Å². The summed E-state index contributed by atoms with van der Waals surface area (Å²) in [4.78, 5) is 0. The first-order valence-corrected chi connectivity index (χ1v) is 4.32. The Kier molecular flexibility index (Phi) is 1.20. The van der Waals surface area contributed by atoms with Gasteiger partial charge in [-0.3, -0.25) is 5.10 Å². The molecule has 0 spiro atoms. The number of nitrogens with one attached hydrogen (secondary N) is 2. The number of fused-ring (bicyclic) bond motifs is 3. The van der Waals surface area contributed by atoms with Gasteiger partial charge in [-0.2, -0.15) is 5.10 Å².